The third-order valence-corrected chi connectivity index (χ3v) is 5.10. The van der Waals surface area contributed by atoms with E-state index in [2.05, 4.69) is 44.8 Å². The molecule has 30 heavy (non-hydrogen) atoms. The van der Waals surface area contributed by atoms with Crippen LogP contribution in [-0.2, 0) is 19.4 Å². The predicted molar refractivity (Wildman–Crippen MR) is 131 cm³/mol. The Kier molecular flexibility index (Phi) is 10.5. The number of β-amino-alcohol motifs (C(OH)–C–C–N with tert-alkyl or cyclic N) is 1. The molecule has 0 spiro atoms. The Morgan fingerprint density at radius 3 is 2.60 bits per heavy atom. The number of nitrogens with one attached hydrogen (secondary N) is 2. The number of hydrogen-bond donors (Lipinski definition) is 3. The van der Waals surface area contributed by atoms with Crippen LogP contribution in [0.15, 0.2) is 53.5 Å². The lowest BCUT2D eigenvalue weighted by Crippen LogP contribution is -2.40. The zero-order valence-corrected chi connectivity index (χ0v) is 19.8. The third-order valence-electron chi connectivity index (χ3n) is 5.10. The quantitative estimate of drug-likeness (QED) is 0.281. The molecule has 5 nitrogen and oxygen atoms in total. The lowest BCUT2D eigenvalue weighted by Gasteiger charge is -2.30. The van der Waals surface area contributed by atoms with Crippen LogP contribution < -0.4 is 10.6 Å². The normalized spacial score (nSPS) is 15.1. The molecule has 1 heterocycles. The number of fused-ring (bicyclic) bond motifs is 1. The highest BCUT2D eigenvalue weighted by atomic mass is 127. The largest absolute Gasteiger partial charge is 0.390 e. The summed E-state index contributed by atoms with van der Waals surface area (Å²) in [5.74, 6) is 0.473. The van der Waals surface area contributed by atoms with E-state index in [0.717, 1.165) is 38.0 Å². The first-order valence-electron chi connectivity index (χ1n) is 10.4. The molecular weight excluding hydrogens is 494 g/mol. The molecule has 0 bridgehead atoms. The van der Waals surface area contributed by atoms with Crippen LogP contribution in [0, 0.1) is 5.82 Å². The second-order valence-electron chi connectivity index (χ2n) is 7.43. The molecule has 2 aromatic carbocycles. The summed E-state index contributed by atoms with van der Waals surface area (Å²) < 4.78 is 13.0. The van der Waals surface area contributed by atoms with Crippen LogP contribution >= 0.6 is 24.0 Å². The summed E-state index contributed by atoms with van der Waals surface area (Å²) in [4.78, 5) is 6.82. The molecule has 3 N–H and O–H groups in total. The number of halogens is 2. The fourth-order valence-corrected chi connectivity index (χ4v) is 3.58. The summed E-state index contributed by atoms with van der Waals surface area (Å²) in [6.45, 7) is 6.27. The van der Waals surface area contributed by atoms with Crippen molar-refractivity contribution in [3.63, 3.8) is 0 Å². The number of hydrogen-bond acceptors (Lipinski definition) is 3. The molecule has 0 aromatic heterocycles. The van der Waals surface area contributed by atoms with Gasteiger partial charge in [-0.1, -0.05) is 36.4 Å². The van der Waals surface area contributed by atoms with Gasteiger partial charge in [0.2, 0.25) is 0 Å². The van der Waals surface area contributed by atoms with Gasteiger partial charge in [-0.3, -0.25) is 9.89 Å². The maximum atomic E-state index is 13.0. The van der Waals surface area contributed by atoms with Gasteiger partial charge in [0.15, 0.2) is 5.96 Å². The van der Waals surface area contributed by atoms with Gasteiger partial charge in [-0.15, -0.1) is 24.0 Å². The molecular formula is C23H32FIN4O. The highest BCUT2D eigenvalue weighted by molar-refractivity contribution is 14.0. The van der Waals surface area contributed by atoms with Gasteiger partial charge in [0.25, 0.3) is 0 Å². The maximum Gasteiger partial charge on any atom is 0.191 e. The van der Waals surface area contributed by atoms with Gasteiger partial charge in [0.05, 0.1) is 12.6 Å². The van der Waals surface area contributed by atoms with E-state index in [1.165, 1.54) is 23.3 Å². The van der Waals surface area contributed by atoms with Gasteiger partial charge in [0, 0.05) is 32.7 Å². The zero-order chi connectivity index (χ0) is 20.5. The van der Waals surface area contributed by atoms with E-state index in [9.17, 15) is 9.50 Å². The van der Waals surface area contributed by atoms with Gasteiger partial charge in [0.1, 0.15) is 5.82 Å². The lowest BCUT2D eigenvalue weighted by molar-refractivity contribution is 0.111. The number of nitrogens with zero attached hydrogens (tertiary/aromatic N) is 2. The lowest BCUT2D eigenvalue weighted by atomic mass is 10.00. The second-order valence-corrected chi connectivity index (χ2v) is 7.43. The molecule has 0 saturated carbocycles. The highest BCUT2D eigenvalue weighted by Crippen LogP contribution is 2.18. The average Bonchev–Trinajstić information content (AvgIpc) is 2.73. The number of guanidine groups is 1. The fourth-order valence-electron chi connectivity index (χ4n) is 3.58. The summed E-state index contributed by atoms with van der Waals surface area (Å²) in [7, 11) is 0. The van der Waals surface area contributed by atoms with Gasteiger partial charge in [-0.2, -0.15) is 0 Å². The molecule has 7 heteroatoms. The summed E-state index contributed by atoms with van der Waals surface area (Å²) in [5.41, 5.74) is 3.83. The van der Waals surface area contributed by atoms with E-state index in [0.29, 0.717) is 25.6 Å². The van der Waals surface area contributed by atoms with Crippen molar-refractivity contribution in [2.75, 3.05) is 32.7 Å². The van der Waals surface area contributed by atoms with Crippen LogP contribution in [0.5, 0.6) is 0 Å². The first kappa shape index (κ1) is 24.6. The molecule has 3 rings (SSSR count). The van der Waals surface area contributed by atoms with Crippen molar-refractivity contribution in [2.24, 2.45) is 4.99 Å². The Hall–Kier alpha value is -1.71. The Balaban J connectivity index is 0.00000320. The average molecular weight is 526 g/mol. The van der Waals surface area contributed by atoms with Crippen molar-refractivity contribution in [2.45, 2.75) is 32.4 Å². The standard InChI is InChI=1S/C23H31FN4O.HI/c1-2-25-23(26-13-11-18-7-9-21(24)10-8-18)27-15-22(29)17-28-14-12-19-5-3-4-6-20(19)16-28;/h3-10,22,29H,2,11-17H2,1H3,(H2,25,26,27);1H. The molecule has 0 fully saturated rings. The van der Waals surface area contributed by atoms with Crippen LogP contribution in [0.4, 0.5) is 4.39 Å². The van der Waals surface area contributed by atoms with E-state index in [4.69, 9.17) is 0 Å². The molecule has 1 atom stereocenters. The minimum absolute atomic E-state index is 0. The molecule has 0 amide bonds. The first-order valence-corrected chi connectivity index (χ1v) is 10.4. The fraction of sp³-hybridized carbons (Fsp3) is 0.435. The van der Waals surface area contributed by atoms with E-state index in [1.807, 2.05) is 6.92 Å². The third kappa shape index (κ3) is 7.85. The number of benzene rings is 2. The summed E-state index contributed by atoms with van der Waals surface area (Å²) in [6, 6.07) is 15.1. The van der Waals surface area contributed by atoms with Crippen LogP contribution in [0.1, 0.15) is 23.6 Å². The molecule has 0 aliphatic carbocycles. The molecule has 164 valence electrons. The highest BCUT2D eigenvalue weighted by Gasteiger charge is 2.18. The van der Waals surface area contributed by atoms with Crippen molar-refractivity contribution in [1.29, 1.82) is 0 Å². The topological polar surface area (TPSA) is 59.9 Å². The number of rotatable bonds is 8. The van der Waals surface area contributed by atoms with Gasteiger partial charge >= 0.3 is 0 Å². The van der Waals surface area contributed by atoms with Crippen LogP contribution in [0.25, 0.3) is 0 Å². The Morgan fingerprint density at radius 2 is 1.87 bits per heavy atom. The van der Waals surface area contributed by atoms with E-state index < -0.39 is 6.10 Å². The molecule has 1 aliphatic heterocycles. The Morgan fingerprint density at radius 1 is 1.13 bits per heavy atom. The summed E-state index contributed by atoms with van der Waals surface area (Å²) in [5, 5.41) is 16.9. The maximum absolute atomic E-state index is 13.0. The summed E-state index contributed by atoms with van der Waals surface area (Å²) in [6.07, 6.45) is 1.30. The van der Waals surface area contributed by atoms with Crippen molar-refractivity contribution in [3.8, 4) is 0 Å². The Labute approximate surface area is 195 Å². The number of aliphatic imine (C=N–C) groups is 1. The molecule has 2 aromatic rings. The SMILES string of the molecule is CCNC(=NCC(O)CN1CCc2ccccc2C1)NCCc1ccc(F)cc1.I. The Bertz CT molecular complexity index is 800. The molecule has 1 unspecified atom stereocenters. The number of aliphatic hydroxyl groups is 1. The summed E-state index contributed by atoms with van der Waals surface area (Å²) >= 11 is 0. The van der Waals surface area contributed by atoms with Crippen LogP contribution in [0.2, 0.25) is 0 Å². The smallest absolute Gasteiger partial charge is 0.191 e. The minimum Gasteiger partial charge on any atom is -0.390 e. The van der Waals surface area contributed by atoms with E-state index >= 15 is 0 Å². The monoisotopic (exact) mass is 526 g/mol. The molecule has 0 radical (unpaired) electrons. The van der Waals surface area contributed by atoms with Crippen molar-refractivity contribution in [1.82, 2.24) is 15.5 Å². The number of aliphatic hydroxyl groups excluding tert-OH is 1. The zero-order valence-electron chi connectivity index (χ0n) is 17.5. The van der Waals surface area contributed by atoms with Gasteiger partial charge in [-0.05, 0) is 48.6 Å². The molecule has 0 saturated heterocycles. The van der Waals surface area contributed by atoms with Crippen molar-refractivity contribution in [3.05, 3.63) is 71.0 Å². The van der Waals surface area contributed by atoms with Crippen molar-refractivity contribution < 1.29 is 9.50 Å². The van der Waals surface area contributed by atoms with Gasteiger partial charge in [-0.25, -0.2) is 4.39 Å². The van der Waals surface area contributed by atoms with E-state index in [-0.39, 0.29) is 29.8 Å². The molecule has 1 aliphatic rings. The van der Waals surface area contributed by atoms with Crippen LogP contribution in [-0.4, -0.2) is 54.8 Å². The predicted octanol–water partition coefficient (Wildman–Crippen LogP) is 2.96. The van der Waals surface area contributed by atoms with E-state index in [1.54, 1.807) is 12.1 Å². The van der Waals surface area contributed by atoms with Crippen molar-refractivity contribution >= 4 is 29.9 Å². The first-order chi connectivity index (χ1) is 14.1. The minimum atomic E-state index is -0.507. The second kappa shape index (κ2) is 12.9. The van der Waals surface area contributed by atoms with Crippen LogP contribution in [0.3, 0.4) is 0 Å². The van der Waals surface area contributed by atoms with Gasteiger partial charge < -0.3 is 15.7 Å².